The Labute approximate surface area is 78.3 Å². The van der Waals surface area contributed by atoms with Gasteiger partial charge in [0.1, 0.15) is 0 Å². The molecule has 0 aromatic carbocycles. The maximum Gasteiger partial charge on any atom is 0.384 e. The van der Waals surface area contributed by atoms with Gasteiger partial charge < -0.3 is 15.8 Å². The smallest absolute Gasteiger partial charge is 0.384 e. The summed E-state index contributed by atoms with van der Waals surface area (Å²) in [6.07, 6.45) is 0.923. The minimum Gasteiger partial charge on any atom is -0.396 e. The number of nitrogens with zero attached hydrogens (tertiary/aromatic N) is 2. The van der Waals surface area contributed by atoms with Crippen molar-refractivity contribution in [3.63, 3.8) is 0 Å². The molecule has 1 rings (SSSR count). The van der Waals surface area contributed by atoms with Crippen molar-refractivity contribution in [2.75, 3.05) is 5.73 Å². The van der Waals surface area contributed by atoms with Crippen LogP contribution in [0.5, 0.6) is 0 Å². The molecule has 76 valence electrons. The predicted octanol–water partition coefficient (Wildman–Crippen LogP) is -0.181. The SMILES string of the molecule is Nc1cnc([N+](=O)[O-])c(S(=O)(=O)O)c1. The van der Waals surface area contributed by atoms with Crippen molar-refractivity contribution in [2.24, 2.45) is 0 Å². The molecule has 1 heterocycles. The number of nitrogen functional groups attached to an aromatic ring is 1. The van der Waals surface area contributed by atoms with Crippen LogP contribution in [0, 0.1) is 10.1 Å². The highest BCUT2D eigenvalue weighted by molar-refractivity contribution is 7.86. The topological polar surface area (TPSA) is 136 Å². The van der Waals surface area contributed by atoms with Crippen LogP contribution >= 0.6 is 0 Å². The van der Waals surface area contributed by atoms with Crippen LogP contribution in [0.2, 0.25) is 0 Å². The van der Waals surface area contributed by atoms with E-state index in [0.29, 0.717) is 0 Å². The normalized spacial score (nSPS) is 11.2. The zero-order chi connectivity index (χ0) is 10.9. The van der Waals surface area contributed by atoms with E-state index in [-0.39, 0.29) is 5.69 Å². The first kappa shape index (κ1) is 10.3. The van der Waals surface area contributed by atoms with E-state index in [4.69, 9.17) is 10.3 Å². The van der Waals surface area contributed by atoms with Crippen LogP contribution in [0.3, 0.4) is 0 Å². The second-order valence-corrected chi connectivity index (χ2v) is 3.71. The second kappa shape index (κ2) is 3.20. The highest BCUT2D eigenvalue weighted by Gasteiger charge is 2.25. The maximum atomic E-state index is 10.7. The van der Waals surface area contributed by atoms with Crippen LogP contribution in [-0.4, -0.2) is 22.9 Å². The summed E-state index contributed by atoms with van der Waals surface area (Å²) < 4.78 is 29.9. The largest absolute Gasteiger partial charge is 0.396 e. The van der Waals surface area contributed by atoms with Crippen LogP contribution in [-0.2, 0) is 10.1 Å². The quantitative estimate of drug-likeness (QED) is 0.399. The van der Waals surface area contributed by atoms with E-state index in [1.807, 2.05) is 0 Å². The van der Waals surface area contributed by atoms with E-state index in [9.17, 15) is 18.5 Å². The van der Waals surface area contributed by atoms with Crippen LogP contribution in [0.25, 0.3) is 0 Å². The maximum absolute atomic E-state index is 10.7. The fourth-order valence-corrected chi connectivity index (χ4v) is 1.42. The van der Waals surface area contributed by atoms with E-state index >= 15 is 0 Å². The van der Waals surface area contributed by atoms with Crippen LogP contribution in [0.1, 0.15) is 0 Å². The minimum absolute atomic E-state index is 0.0942. The third-order valence-corrected chi connectivity index (χ3v) is 2.16. The molecule has 1 aromatic rings. The molecule has 0 spiro atoms. The highest BCUT2D eigenvalue weighted by Crippen LogP contribution is 2.22. The second-order valence-electron chi connectivity index (χ2n) is 2.32. The molecule has 0 saturated heterocycles. The molecule has 14 heavy (non-hydrogen) atoms. The van der Waals surface area contributed by atoms with Gasteiger partial charge in [0.2, 0.25) is 0 Å². The molecule has 1 aromatic heterocycles. The van der Waals surface area contributed by atoms with Gasteiger partial charge in [-0.2, -0.15) is 8.42 Å². The number of pyridine rings is 1. The number of anilines is 1. The Hall–Kier alpha value is -1.74. The summed E-state index contributed by atoms with van der Waals surface area (Å²) in [5.74, 6) is -0.957. The molecule has 0 fully saturated rings. The van der Waals surface area contributed by atoms with Crippen molar-refractivity contribution in [1.29, 1.82) is 0 Å². The first-order chi connectivity index (χ1) is 6.32. The number of rotatable bonds is 2. The highest BCUT2D eigenvalue weighted by atomic mass is 32.2. The lowest BCUT2D eigenvalue weighted by Crippen LogP contribution is -2.06. The Morgan fingerprint density at radius 3 is 2.57 bits per heavy atom. The Kier molecular flexibility index (Phi) is 2.36. The zero-order valence-corrected chi connectivity index (χ0v) is 7.43. The fourth-order valence-electron chi connectivity index (χ4n) is 0.779. The van der Waals surface area contributed by atoms with Gasteiger partial charge in [0.05, 0.1) is 5.69 Å². The summed E-state index contributed by atoms with van der Waals surface area (Å²) in [5, 5.41) is 10.3. The van der Waals surface area contributed by atoms with E-state index < -0.39 is 25.8 Å². The van der Waals surface area contributed by atoms with Crippen molar-refractivity contribution < 1.29 is 17.9 Å². The molecule has 0 saturated carbocycles. The van der Waals surface area contributed by atoms with Crippen molar-refractivity contribution in [3.05, 3.63) is 22.4 Å². The van der Waals surface area contributed by atoms with Gasteiger partial charge in [0, 0.05) is 0 Å². The van der Waals surface area contributed by atoms with Crippen LogP contribution in [0.15, 0.2) is 17.2 Å². The molecule has 0 atom stereocenters. The number of hydrogen-bond donors (Lipinski definition) is 2. The molecule has 0 aliphatic carbocycles. The third kappa shape index (κ3) is 1.95. The zero-order valence-electron chi connectivity index (χ0n) is 6.61. The van der Waals surface area contributed by atoms with Gasteiger partial charge >= 0.3 is 15.9 Å². The molecule has 8 nitrogen and oxygen atoms in total. The average molecular weight is 219 g/mol. The van der Waals surface area contributed by atoms with Gasteiger partial charge in [-0.1, -0.05) is 0 Å². The Morgan fingerprint density at radius 2 is 2.14 bits per heavy atom. The molecular weight excluding hydrogens is 214 g/mol. The molecule has 0 aliphatic heterocycles. The average Bonchev–Trinajstić information content (AvgIpc) is 2.01. The predicted molar refractivity (Wildman–Crippen MR) is 45.1 cm³/mol. The molecular formula is C5H5N3O5S. The number of nitrogens with two attached hydrogens (primary N) is 1. The number of nitro groups is 1. The van der Waals surface area contributed by atoms with Gasteiger partial charge in [-0.05, 0) is 16.0 Å². The molecule has 0 radical (unpaired) electrons. The lowest BCUT2D eigenvalue weighted by atomic mass is 10.4. The van der Waals surface area contributed by atoms with Crippen molar-refractivity contribution >= 4 is 21.6 Å². The summed E-state index contributed by atoms with van der Waals surface area (Å²) in [5.41, 5.74) is 5.07. The molecule has 0 aliphatic rings. The molecule has 0 unspecified atom stereocenters. The lowest BCUT2D eigenvalue weighted by molar-refractivity contribution is -0.392. The minimum atomic E-state index is -4.69. The van der Waals surface area contributed by atoms with Crippen LogP contribution < -0.4 is 5.73 Å². The van der Waals surface area contributed by atoms with Crippen molar-refractivity contribution in [3.8, 4) is 0 Å². The Bertz CT molecular complexity index is 482. The summed E-state index contributed by atoms with van der Waals surface area (Å²) in [6, 6.07) is 0.764. The monoisotopic (exact) mass is 219 g/mol. The van der Waals surface area contributed by atoms with E-state index in [1.165, 1.54) is 0 Å². The summed E-state index contributed by atoms with van der Waals surface area (Å²) in [7, 11) is -4.69. The molecule has 9 heteroatoms. The summed E-state index contributed by atoms with van der Waals surface area (Å²) in [6.45, 7) is 0. The standard InChI is InChI=1S/C5H5N3O5S/c6-3-1-4(14(11,12)13)5(7-2-3)8(9)10/h1-2H,6H2,(H,11,12,13). The Balaban J connectivity index is 3.54. The molecule has 0 bridgehead atoms. The number of hydrogen-bond acceptors (Lipinski definition) is 6. The Morgan fingerprint density at radius 1 is 1.57 bits per heavy atom. The molecule has 3 N–H and O–H groups in total. The third-order valence-electron chi connectivity index (χ3n) is 1.30. The van der Waals surface area contributed by atoms with Crippen molar-refractivity contribution in [1.82, 2.24) is 4.98 Å². The van der Waals surface area contributed by atoms with E-state index in [0.717, 1.165) is 12.3 Å². The van der Waals surface area contributed by atoms with Gasteiger partial charge in [0.25, 0.3) is 0 Å². The fraction of sp³-hybridized carbons (Fsp3) is 0. The summed E-state index contributed by atoms with van der Waals surface area (Å²) >= 11 is 0. The lowest BCUT2D eigenvalue weighted by Gasteiger charge is -1.98. The van der Waals surface area contributed by atoms with E-state index in [1.54, 1.807) is 0 Å². The first-order valence-electron chi connectivity index (χ1n) is 3.20. The van der Waals surface area contributed by atoms with Gasteiger partial charge in [-0.25, -0.2) is 0 Å². The van der Waals surface area contributed by atoms with Gasteiger partial charge in [-0.3, -0.25) is 4.55 Å². The molecule has 0 amide bonds. The summed E-state index contributed by atoms with van der Waals surface area (Å²) in [4.78, 5) is 11.5. The van der Waals surface area contributed by atoms with Crippen LogP contribution in [0.4, 0.5) is 11.5 Å². The number of aromatic nitrogens is 1. The van der Waals surface area contributed by atoms with Gasteiger partial charge in [-0.15, -0.1) is 0 Å². The van der Waals surface area contributed by atoms with Gasteiger partial charge in [0.15, 0.2) is 11.1 Å². The van der Waals surface area contributed by atoms with E-state index in [2.05, 4.69) is 4.98 Å². The first-order valence-corrected chi connectivity index (χ1v) is 4.64. The van der Waals surface area contributed by atoms with Crippen molar-refractivity contribution in [2.45, 2.75) is 4.90 Å².